The first kappa shape index (κ1) is 15.5. The van der Waals surface area contributed by atoms with Crippen molar-refractivity contribution >= 4 is 28.1 Å². The van der Waals surface area contributed by atoms with Gasteiger partial charge in [0.1, 0.15) is 18.3 Å². The van der Waals surface area contributed by atoms with Gasteiger partial charge in [0.05, 0.1) is 17.1 Å². The lowest BCUT2D eigenvalue weighted by Gasteiger charge is -2.43. The van der Waals surface area contributed by atoms with Crippen molar-refractivity contribution in [1.29, 1.82) is 0 Å². The van der Waals surface area contributed by atoms with Crippen molar-refractivity contribution in [2.75, 3.05) is 6.61 Å². The third-order valence-corrected chi connectivity index (χ3v) is 4.79. The molecule has 4 atom stereocenters. The summed E-state index contributed by atoms with van der Waals surface area (Å²) in [6, 6.07) is 6.55. The van der Waals surface area contributed by atoms with Gasteiger partial charge in [-0.2, -0.15) is 0 Å². The van der Waals surface area contributed by atoms with E-state index in [1.165, 1.54) is 18.2 Å². The van der Waals surface area contributed by atoms with Crippen molar-refractivity contribution in [1.82, 2.24) is 0 Å². The Kier molecular flexibility index (Phi) is 4.57. The standard InChI is InChI=1S/C11H12NO6S2/c13-8-5-18-11(20-19,10(15)9(8)14)6-3-1-2-4-7(6)12(16)17/h2-4,8-10,13-15,19H,5H2/t8-,9-,10+,11-/m1/s1. The molecule has 1 heterocycles. The van der Waals surface area contributed by atoms with E-state index in [-0.39, 0.29) is 17.9 Å². The Morgan fingerprint density at radius 3 is 2.85 bits per heavy atom. The van der Waals surface area contributed by atoms with Gasteiger partial charge in [-0.15, -0.1) is 11.7 Å². The average molecular weight is 318 g/mol. The molecule has 0 bridgehead atoms. The van der Waals surface area contributed by atoms with Crippen LogP contribution < -0.4 is 0 Å². The van der Waals surface area contributed by atoms with Gasteiger partial charge in [0, 0.05) is 6.07 Å². The minimum atomic E-state index is -1.65. The summed E-state index contributed by atoms with van der Waals surface area (Å²) in [4.78, 5) is 8.81. The number of hydrogen-bond acceptors (Lipinski definition) is 8. The Morgan fingerprint density at radius 1 is 1.55 bits per heavy atom. The summed E-state index contributed by atoms with van der Waals surface area (Å²) in [7, 11) is 0.718. The van der Waals surface area contributed by atoms with Crippen LogP contribution in [0.2, 0.25) is 0 Å². The van der Waals surface area contributed by atoms with Crippen molar-refractivity contribution in [2.45, 2.75) is 23.2 Å². The predicted octanol–water partition coefficient (Wildman–Crippen LogP) is 0.239. The number of nitrogens with zero attached hydrogens (tertiary/aromatic N) is 1. The van der Waals surface area contributed by atoms with E-state index in [0.717, 1.165) is 10.8 Å². The minimum absolute atomic E-state index is 0.0310. The van der Waals surface area contributed by atoms with Crippen molar-refractivity contribution < 1.29 is 25.0 Å². The van der Waals surface area contributed by atoms with Crippen LogP contribution in [0, 0.1) is 16.2 Å². The molecule has 1 aromatic rings. The van der Waals surface area contributed by atoms with Gasteiger partial charge in [-0.1, -0.05) is 10.8 Å². The van der Waals surface area contributed by atoms with Gasteiger partial charge in [-0.3, -0.25) is 10.1 Å². The Balaban J connectivity index is 2.54. The van der Waals surface area contributed by atoms with E-state index in [1.807, 2.05) is 0 Å². The van der Waals surface area contributed by atoms with E-state index >= 15 is 0 Å². The van der Waals surface area contributed by atoms with Crippen LogP contribution in [0.1, 0.15) is 5.56 Å². The third kappa shape index (κ3) is 2.41. The lowest BCUT2D eigenvalue weighted by atomic mass is 9.93. The summed E-state index contributed by atoms with van der Waals surface area (Å²) in [5.74, 6) is 0. The zero-order chi connectivity index (χ0) is 14.9. The van der Waals surface area contributed by atoms with E-state index < -0.39 is 28.2 Å². The van der Waals surface area contributed by atoms with Gasteiger partial charge in [-0.05, 0) is 18.2 Å². The molecule has 0 aliphatic carbocycles. The highest BCUT2D eigenvalue weighted by Gasteiger charge is 2.53. The van der Waals surface area contributed by atoms with Crippen LogP contribution in [0.25, 0.3) is 0 Å². The number of rotatable bonds is 3. The number of aliphatic hydroxyl groups is 3. The smallest absolute Gasteiger partial charge is 0.276 e. The van der Waals surface area contributed by atoms with E-state index in [4.69, 9.17) is 4.74 Å². The van der Waals surface area contributed by atoms with Crippen molar-refractivity contribution in [3.63, 3.8) is 0 Å². The zero-order valence-electron chi connectivity index (χ0n) is 10.0. The molecule has 0 amide bonds. The second kappa shape index (κ2) is 5.88. The second-order valence-corrected chi connectivity index (χ2v) is 5.61. The maximum Gasteiger partial charge on any atom is 0.276 e. The van der Waals surface area contributed by atoms with Gasteiger partial charge in [0.2, 0.25) is 0 Å². The third-order valence-electron chi connectivity index (χ3n) is 3.12. The summed E-state index contributed by atoms with van der Waals surface area (Å²) in [6.07, 6.45) is -4.35. The van der Waals surface area contributed by atoms with E-state index in [9.17, 15) is 25.4 Å². The molecular weight excluding hydrogens is 306 g/mol. The van der Waals surface area contributed by atoms with Gasteiger partial charge < -0.3 is 20.1 Å². The lowest BCUT2D eigenvalue weighted by molar-refractivity contribution is -0.387. The van der Waals surface area contributed by atoms with Gasteiger partial charge in [0.25, 0.3) is 5.69 Å². The molecule has 1 aliphatic rings. The summed E-state index contributed by atoms with van der Waals surface area (Å²) in [6.45, 7) is -0.280. The summed E-state index contributed by atoms with van der Waals surface area (Å²) in [5, 5.41) is 40.5. The van der Waals surface area contributed by atoms with Gasteiger partial charge in [-0.25, -0.2) is 0 Å². The number of benzene rings is 1. The van der Waals surface area contributed by atoms with Crippen LogP contribution in [-0.4, -0.2) is 45.2 Å². The first-order valence-electron chi connectivity index (χ1n) is 5.59. The molecule has 7 nitrogen and oxygen atoms in total. The van der Waals surface area contributed by atoms with Crippen LogP contribution in [0.3, 0.4) is 0 Å². The molecule has 2 rings (SSSR count). The fourth-order valence-electron chi connectivity index (χ4n) is 2.06. The van der Waals surface area contributed by atoms with Crippen molar-refractivity contribution in [3.05, 3.63) is 39.9 Å². The fourth-order valence-corrected chi connectivity index (χ4v) is 3.46. The van der Waals surface area contributed by atoms with Crippen LogP contribution in [0.15, 0.2) is 18.2 Å². The molecule has 3 N–H and O–H groups in total. The molecule has 0 unspecified atom stereocenters. The Hall–Kier alpha value is -0.840. The second-order valence-electron chi connectivity index (χ2n) is 4.27. The molecule has 1 radical (unpaired) electrons. The molecule has 1 saturated heterocycles. The maximum absolute atomic E-state index is 11.1. The summed E-state index contributed by atoms with van der Waals surface area (Å²) >= 11 is 4.01. The fraction of sp³-hybridized carbons (Fsp3) is 0.455. The Morgan fingerprint density at radius 2 is 2.25 bits per heavy atom. The maximum atomic E-state index is 11.1. The number of nitro benzene ring substituents is 1. The van der Waals surface area contributed by atoms with Crippen LogP contribution >= 0.6 is 22.5 Å². The number of hydrogen-bond donors (Lipinski definition) is 4. The highest BCUT2D eigenvalue weighted by Crippen LogP contribution is 2.49. The van der Waals surface area contributed by atoms with Crippen molar-refractivity contribution in [2.24, 2.45) is 0 Å². The molecule has 0 saturated carbocycles. The monoisotopic (exact) mass is 318 g/mol. The molecule has 0 spiro atoms. The Bertz CT molecular complexity index is 515. The van der Waals surface area contributed by atoms with Crippen LogP contribution in [-0.2, 0) is 9.67 Å². The highest BCUT2D eigenvalue weighted by atomic mass is 33.1. The van der Waals surface area contributed by atoms with Crippen molar-refractivity contribution in [3.8, 4) is 0 Å². The highest BCUT2D eigenvalue weighted by molar-refractivity contribution is 8.68. The molecular formula is C11H12NO6S2. The number of thiol groups is 1. The Labute approximate surface area is 123 Å². The molecule has 0 aromatic heterocycles. The predicted molar refractivity (Wildman–Crippen MR) is 74.2 cm³/mol. The number of nitro groups is 1. The first-order valence-corrected chi connectivity index (χ1v) is 7.46. The number of ether oxygens (including phenoxy) is 1. The van der Waals surface area contributed by atoms with Crippen LogP contribution in [0.4, 0.5) is 5.69 Å². The molecule has 109 valence electrons. The zero-order valence-corrected chi connectivity index (χ0v) is 11.8. The number of aliphatic hydroxyl groups excluding tert-OH is 3. The SMILES string of the molecule is O=[N+]([O-])c1cc[c]cc1[C@]1(SS)OC[C@@H](O)[C@@H](O)[C@@H]1O. The average Bonchev–Trinajstić information content (AvgIpc) is 2.46. The molecule has 9 heteroatoms. The largest absolute Gasteiger partial charge is 0.388 e. The quantitative estimate of drug-likeness (QED) is 0.273. The topological polar surface area (TPSA) is 113 Å². The molecule has 1 fully saturated rings. The van der Waals surface area contributed by atoms with Crippen LogP contribution in [0.5, 0.6) is 0 Å². The van der Waals surface area contributed by atoms with E-state index in [0.29, 0.717) is 0 Å². The normalized spacial score (nSPS) is 33.9. The van der Waals surface area contributed by atoms with Gasteiger partial charge in [0.15, 0.2) is 4.93 Å². The van der Waals surface area contributed by atoms with E-state index in [1.54, 1.807) is 0 Å². The van der Waals surface area contributed by atoms with E-state index in [2.05, 4.69) is 17.7 Å². The summed E-state index contributed by atoms with van der Waals surface area (Å²) in [5.41, 5.74) is -0.253. The molecule has 1 aromatic carbocycles. The minimum Gasteiger partial charge on any atom is -0.388 e. The van der Waals surface area contributed by atoms with Gasteiger partial charge >= 0.3 is 0 Å². The molecule has 1 aliphatic heterocycles. The summed E-state index contributed by atoms with van der Waals surface area (Å²) < 4.78 is 5.39. The molecule has 20 heavy (non-hydrogen) atoms. The first-order chi connectivity index (χ1) is 9.44. The lowest BCUT2D eigenvalue weighted by Crippen LogP contribution is -2.57.